The number of benzene rings is 1. The lowest BCUT2D eigenvalue weighted by Gasteiger charge is -2.11. The minimum Gasteiger partial charge on any atom is -0.496 e. The van der Waals surface area contributed by atoms with Crippen LogP contribution in [0.15, 0.2) is 18.2 Å². The SMILES string of the molecule is COc1ccc(C)cc1C(Cl)C(=O)O. The largest absolute Gasteiger partial charge is 0.496 e. The number of aryl methyl sites for hydroxylation is 1. The monoisotopic (exact) mass is 214 g/mol. The Hall–Kier alpha value is -1.22. The van der Waals surface area contributed by atoms with Crippen LogP contribution in [-0.4, -0.2) is 18.2 Å². The fourth-order valence-corrected chi connectivity index (χ4v) is 1.36. The van der Waals surface area contributed by atoms with Crippen LogP contribution in [0.25, 0.3) is 0 Å². The summed E-state index contributed by atoms with van der Waals surface area (Å²) in [5.74, 6) is -0.575. The molecule has 0 fully saturated rings. The van der Waals surface area contributed by atoms with Crippen molar-refractivity contribution in [1.29, 1.82) is 0 Å². The molecular formula is C10H11ClO3. The van der Waals surface area contributed by atoms with Gasteiger partial charge in [0.1, 0.15) is 5.75 Å². The number of carboxylic acids is 1. The van der Waals surface area contributed by atoms with E-state index >= 15 is 0 Å². The molecular weight excluding hydrogens is 204 g/mol. The van der Waals surface area contributed by atoms with Crippen LogP contribution in [-0.2, 0) is 4.79 Å². The Bertz CT molecular complexity index is 349. The lowest BCUT2D eigenvalue weighted by molar-refractivity contribution is -0.136. The van der Waals surface area contributed by atoms with Crippen molar-refractivity contribution in [2.75, 3.05) is 7.11 Å². The molecule has 0 saturated heterocycles. The number of ether oxygens (including phenoxy) is 1. The average Bonchev–Trinajstić information content (AvgIpc) is 2.16. The first-order valence-electron chi connectivity index (χ1n) is 4.07. The van der Waals surface area contributed by atoms with Crippen LogP contribution >= 0.6 is 11.6 Å². The summed E-state index contributed by atoms with van der Waals surface area (Å²) in [6, 6.07) is 5.27. The number of hydrogen-bond donors (Lipinski definition) is 1. The molecule has 1 aromatic rings. The summed E-state index contributed by atoms with van der Waals surface area (Å²) in [6.07, 6.45) is 0. The van der Waals surface area contributed by atoms with E-state index in [9.17, 15) is 4.79 Å². The maximum atomic E-state index is 10.7. The van der Waals surface area contributed by atoms with Crippen LogP contribution < -0.4 is 4.74 Å². The summed E-state index contributed by atoms with van der Waals surface area (Å²) in [5.41, 5.74) is 1.44. The van der Waals surface area contributed by atoms with Crippen LogP contribution in [0.3, 0.4) is 0 Å². The van der Waals surface area contributed by atoms with E-state index in [0.29, 0.717) is 11.3 Å². The van der Waals surface area contributed by atoms with E-state index in [1.807, 2.05) is 13.0 Å². The van der Waals surface area contributed by atoms with Gasteiger partial charge in [0, 0.05) is 5.56 Å². The Morgan fingerprint density at radius 2 is 2.21 bits per heavy atom. The number of carbonyl (C=O) groups is 1. The Balaban J connectivity index is 3.16. The summed E-state index contributed by atoms with van der Waals surface area (Å²) in [6.45, 7) is 1.87. The highest BCUT2D eigenvalue weighted by atomic mass is 35.5. The van der Waals surface area contributed by atoms with E-state index in [4.69, 9.17) is 21.4 Å². The minimum absolute atomic E-state index is 0.488. The number of methoxy groups -OCH3 is 1. The Morgan fingerprint density at radius 3 is 2.71 bits per heavy atom. The number of rotatable bonds is 3. The molecule has 1 N–H and O–H groups in total. The molecule has 0 saturated carbocycles. The van der Waals surface area contributed by atoms with Crippen LogP contribution in [0.1, 0.15) is 16.5 Å². The molecule has 76 valence electrons. The second-order valence-corrected chi connectivity index (χ2v) is 3.38. The zero-order valence-electron chi connectivity index (χ0n) is 7.95. The van der Waals surface area contributed by atoms with Gasteiger partial charge in [-0.25, -0.2) is 0 Å². The highest BCUT2D eigenvalue weighted by Gasteiger charge is 2.20. The first-order chi connectivity index (χ1) is 6.56. The van der Waals surface area contributed by atoms with E-state index < -0.39 is 11.3 Å². The first kappa shape index (κ1) is 10.9. The summed E-state index contributed by atoms with van der Waals surface area (Å²) >= 11 is 5.72. The van der Waals surface area contributed by atoms with Gasteiger partial charge >= 0.3 is 5.97 Å². The fourth-order valence-electron chi connectivity index (χ4n) is 1.18. The van der Waals surface area contributed by atoms with E-state index in [1.54, 1.807) is 12.1 Å². The molecule has 1 unspecified atom stereocenters. The van der Waals surface area contributed by atoms with E-state index in [1.165, 1.54) is 7.11 Å². The molecule has 14 heavy (non-hydrogen) atoms. The predicted molar refractivity (Wildman–Crippen MR) is 54.0 cm³/mol. The second kappa shape index (κ2) is 4.33. The van der Waals surface area contributed by atoms with Crippen molar-refractivity contribution < 1.29 is 14.6 Å². The van der Waals surface area contributed by atoms with Gasteiger partial charge in [-0.15, -0.1) is 11.6 Å². The summed E-state index contributed by atoms with van der Waals surface area (Å²) in [7, 11) is 1.49. The zero-order valence-corrected chi connectivity index (χ0v) is 8.71. The lowest BCUT2D eigenvalue weighted by atomic mass is 10.1. The molecule has 0 spiro atoms. The van der Waals surface area contributed by atoms with Gasteiger partial charge < -0.3 is 9.84 Å². The number of carboxylic acid groups (broad SMARTS) is 1. The Labute approximate surface area is 87.3 Å². The molecule has 4 heteroatoms. The third-order valence-electron chi connectivity index (χ3n) is 1.88. The van der Waals surface area contributed by atoms with Crippen molar-refractivity contribution in [3.8, 4) is 5.75 Å². The van der Waals surface area contributed by atoms with Gasteiger partial charge in [-0.2, -0.15) is 0 Å². The standard InChI is InChI=1S/C10H11ClO3/c1-6-3-4-8(14-2)7(5-6)9(11)10(12)13/h3-5,9H,1-2H3,(H,12,13). The van der Waals surface area contributed by atoms with Crippen molar-refractivity contribution in [3.05, 3.63) is 29.3 Å². The van der Waals surface area contributed by atoms with Crippen LogP contribution in [0.4, 0.5) is 0 Å². The topological polar surface area (TPSA) is 46.5 Å². The van der Waals surface area contributed by atoms with E-state index in [-0.39, 0.29) is 0 Å². The van der Waals surface area contributed by atoms with Gasteiger partial charge in [-0.05, 0) is 13.0 Å². The second-order valence-electron chi connectivity index (χ2n) is 2.95. The van der Waals surface area contributed by atoms with E-state index in [2.05, 4.69) is 0 Å². The quantitative estimate of drug-likeness (QED) is 0.786. The zero-order chi connectivity index (χ0) is 10.7. The molecule has 3 nitrogen and oxygen atoms in total. The van der Waals surface area contributed by atoms with Crippen molar-refractivity contribution in [2.24, 2.45) is 0 Å². The number of hydrogen-bond acceptors (Lipinski definition) is 2. The average molecular weight is 215 g/mol. The van der Waals surface area contributed by atoms with Gasteiger partial charge in [0.05, 0.1) is 7.11 Å². The molecule has 0 aromatic heterocycles. The molecule has 0 bridgehead atoms. The van der Waals surface area contributed by atoms with Crippen molar-refractivity contribution in [3.63, 3.8) is 0 Å². The van der Waals surface area contributed by atoms with Crippen molar-refractivity contribution in [1.82, 2.24) is 0 Å². The van der Waals surface area contributed by atoms with Gasteiger partial charge in [-0.1, -0.05) is 17.7 Å². The molecule has 0 aliphatic rings. The van der Waals surface area contributed by atoms with Crippen LogP contribution in [0.2, 0.25) is 0 Å². The summed E-state index contributed by atoms with van der Waals surface area (Å²) in [5, 5.41) is 7.69. The lowest BCUT2D eigenvalue weighted by Crippen LogP contribution is -2.06. The first-order valence-corrected chi connectivity index (χ1v) is 4.51. The molecule has 0 radical (unpaired) electrons. The third kappa shape index (κ3) is 2.17. The van der Waals surface area contributed by atoms with Crippen molar-refractivity contribution >= 4 is 17.6 Å². The van der Waals surface area contributed by atoms with Crippen LogP contribution in [0, 0.1) is 6.92 Å². The maximum Gasteiger partial charge on any atom is 0.326 e. The minimum atomic E-state index is -1.07. The molecule has 0 aliphatic heterocycles. The van der Waals surface area contributed by atoms with Crippen LogP contribution in [0.5, 0.6) is 5.75 Å². The highest BCUT2D eigenvalue weighted by molar-refractivity contribution is 6.29. The summed E-state index contributed by atoms with van der Waals surface area (Å²) < 4.78 is 5.02. The smallest absolute Gasteiger partial charge is 0.326 e. The fraction of sp³-hybridized carbons (Fsp3) is 0.300. The third-order valence-corrected chi connectivity index (χ3v) is 2.30. The van der Waals surface area contributed by atoms with Gasteiger partial charge in [-0.3, -0.25) is 4.79 Å². The molecule has 0 aliphatic carbocycles. The molecule has 0 amide bonds. The van der Waals surface area contributed by atoms with Gasteiger partial charge in [0.2, 0.25) is 0 Å². The number of alkyl halides is 1. The molecule has 1 rings (SSSR count). The van der Waals surface area contributed by atoms with Gasteiger partial charge in [0.25, 0.3) is 0 Å². The maximum absolute atomic E-state index is 10.7. The van der Waals surface area contributed by atoms with E-state index in [0.717, 1.165) is 5.56 Å². The molecule has 0 heterocycles. The highest BCUT2D eigenvalue weighted by Crippen LogP contribution is 2.30. The predicted octanol–water partition coefficient (Wildman–Crippen LogP) is 2.37. The number of halogens is 1. The molecule has 1 aromatic carbocycles. The normalized spacial score (nSPS) is 12.2. The summed E-state index contributed by atoms with van der Waals surface area (Å²) in [4.78, 5) is 10.7. The van der Waals surface area contributed by atoms with Gasteiger partial charge in [0.15, 0.2) is 5.38 Å². The molecule has 1 atom stereocenters. The Kier molecular flexibility index (Phi) is 3.36. The van der Waals surface area contributed by atoms with Crippen molar-refractivity contribution in [2.45, 2.75) is 12.3 Å². The Morgan fingerprint density at radius 1 is 1.57 bits per heavy atom. The number of aliphatic carboxylic acids is 1.